The van der Waals surface area contributed by atoms with Gasteiger partial charge in [0, 0.05) is 41.1 Å². The Balaban J connectivity index is 1.25. The molecule has 7 rings (SSSR count). The molecule has 3 aliphatic rings. The van der Waals surface area contributed by atoms with Gasteiger partial charge in [-0.3, -0.25) is 14.9 Å². The molecule has 1 amide bonds. The van der Waals surface area contributed by atoms with Gasteiger partial charge < -0.3 is 10.6 Å². The van der Waals surface area contributed by atoms with Crippen molar-refractivity contribution >= 4 is 56.8 Å². The van der Waals surface area contributed by atoms with E-state index in [0.717, 1.165) is 96.8 Å². The zero-order valence-corrected chi connectivity index (χ0v) is 23.5. The quantitative estimate of drug-likeness (QED) is 0.228. The van der Waals surface area contributed by atoms with E-state index in [4.69, 9.17) is 26.7 Å². The summed E-state index contributed by atoms with van der Waals surface area (Å²) in [5.74, 6) is 0.250. The molecule has 0 aromatic carbocycles. The van der Waals surface area contributed by atoms with Crippen LogP contribution >= 0.6 is 22.9 Å². The van der Waals surface area contributed by atoms with E-state index in [1.54, 1.807) is 0 Å². The molecule has 0 atom stereocenters. The number of thiophene rings is 1. The molecule has 7 nitrogen and oxygen atoms in total. The third-order valence-electron chi connectivity index (χ3n) is 7.57. The number of halogens is 1. The normalized spacial score (nSPS) is 16.9. The molecule has 1 aliphatic heterocycles. The molecular weight excluding hydrogens is 540 g/mol. The van der Waals surface area contributed by atoms with Crippen LogP contribution in [0.25, 0.3) is 32.9 Å². The highest BCUT2D eigenvalue weighted by Gasteiger charge is 2.30. The fraction of sp³-hybridized carbons (Fsp3) is 0.226. The smallest absolute Gasteiger partial charge is 0.227 e. The van der Waals surface area contributed by atoms with Gasteiger partial charge in [0.05, 0.1) is 31.8 Å². The van der Waals surface area contributed by atoms with E-state index in [2.05, 4.69) is 29.2 Å². The predicted octanol–water partition coefficient (Wildman–Crippen LogP) is 7.28. The molecule has 0 bridgehead atoms. The first-order chi connectivity index (χ1) is 19.5. The van der Waals surface area contributed by atoms with Gasteiger partial charge in [-0.15, -0.1) is 11.3 Å². The number of nitrogens with zero attached hydrogens (tertiary/aromatic N) is 3. The van der Waals surface area contributed by atoms with Crippen LogP contribution in [-0.2, 0) is 11.2 Å². The van der Waals surface area contributed by atoms with Crippen LogP contribution in [0.15, 0.2) is 72.1 Å². The molecule has 40 heavy (non-hydrogen) atoms. The largest absolute Gasteiger partial charge is 0.353 e. The van der Waals surface area contributed by atoms with E-state index in [0.29, 0.717) is 6.42 Å². The van der Waals surface area contributed by atoms with Crippen molar-refractivity contribution in [2.75, 3.05) is 5.32 Å². The van der Waals surface area contributed by atoms with Crippen molar-refractivity contribution in [1.82, 2.24) is 25.5 Å². The molecular formula is C31H27ClN6OS. The fourth-order valence-corrected chi connectivity index (χ4v) is 6.43. The van der Waals surface area contributed by atoms with E-state index >= 15 is 0 Å². The zero-order valence-electron chi connectivity index (χ0n) is 22.0. The van der Waals surface area contributed by atoms with Crippen LogP contribution < -0.4 is 10.6 Å². The van der Waals surface area contributed by atoms with Gasteiger partial charge in [-0.05, 0) is 79.3 Å². The second-order valence-electron chi connectivity index (χ2n) is 10.5. The Morgan fingerprint density at radius 2 is 2.02 bits per heavy atom. The third-order valence-corrected chi connectivity index (χ3v) is 8.81. The van der Waals surface area contributed by atoms with Crippen LogP contribution in [-0.4, -0.2) is 26.1 Å². The molecule has 0 spiro atoms. The first-order valence-corrected chi connectivity index (χ1v) is 14.7. The SMILES string of the molecule is C=C1C=C(c2ccc3[nH]nc(C4=C(CC)Cc5c(ccnc5-c5ccc(Cl)s5)N4)c3n2)C=C(NC(=O)C2CC2)C1. The number of aromatic nitrogens is 4. The molecule has 1 fully saturated rings. The Morgan fingerprint density at radius 1 is 1.15 bits per heavy atom. The zero-order chi connectivity index (χ0) is 27.4. The minimum atomic E-state index is 0.101. The number of carbonyl (C=O) groups is 1. The lowest BCUT2D eigenvalue weighted by molar-refractivity contribution is -0.121. The number of anilines is 1. The Morgan fingerprint density at radius 3 is 2.80 bits per heavy atom. The number of aromatic amines is 1. The number of hydrogen-bond acceptors (Lipinski definition) is 6. The highest BCUT2D eigenvalue weighted by molar-refractivity contribution is 7.19. The van der Waals surface area contributed by atoms with Gasteiger partial charge in [0.2, 0.25) is 5.91 Å². The molecule has 4 aromatic heterocycles. The summed E-state index contributed by atoms with van der Waals surface area (Å²) in [5, 5.41) is 14.6. The van der Waals surface area contributed by atoms with Crippen molar-refractivity contribution in [2.24, 2.45) is 5.92 Å². The number of nitrogens with one attached hydrogen (secondary N) is 3. The van der Waals surface area contributed by atoms with Gasteiger partial charge in [-0.25, -0.2) is 4.98 Å². The summed E-state index contributed by atoms with van der Waals surface area (Å²) in [7, 11) is 0. The molecule has 5 heterocycles. The Kier molecular flexibility index (Phi) is 6.17. The summed E-state index contributed by atoms with van der Waals surface area (Å²) in [6, 6.07) is 9.94. The summed E-state index contributed by atoms with van der Waals surface area (Å²) in [5.41, 5.74) is 11.3. The average molecular weight is 567 g/mol. The number of fused-ring (bicyclic) bond motifs is 2. The third kappa shape index (κ3) is 4.57. The average Bonchev–Trinajstić information content (AvgIpc) is 3.60. The molecule has 4 aromatic rings. The summed E-state index contributed by atoms with van der Waals surface area (Å²) in [6.07, 6.45) is 10.1. The van der Waals surface area contributed by atoms with Crippen LogP contribution in [0.4, 0.5) is 5.69 Å². The molecule has 3 N–H and O–H groups in total. The van der Waals surface area contributed by atoms with Crippen molar-refractivity contribution in [2.45, 2.75) is 39.0 Å². The van der Waals surface area contributed by atoms with Crippen molar-refractivity contribution < 1.29 is 4.79 Å². The fourth-order valence-electron chi connectivity index (χ4n) is 5.36. The second-order valence-corrected chi connectivity index (χ2v) is 12.2. The lowest BCUT2D eigenvalue weighted by atomic mass is 9.92. The topological polar surface area (TPSA) is 95.6 Å². The maximum Gasteiger partial charge on any atom is 0.227 e. The van der Waals surface area contributed by atoms with Crippen LogP contribution in [0.5, 0.6) is 0 Å². The Bertz CT molecular complexity index is 1810. The van der Waals surface area contributed by atoms with E-state index in [1.165, 1.54) is 16.9 Å². The van der Waals surface area contributed by atoms with Gasteiger partial charge in [0.1, 0.15) is 11.2 Å². The van der Waals surface area contributed by atoms with E-state index in [-0.39, 0.29) is 11.8 Å². The second kappa shape index (κ2) is 9.87. The molecule has 0 saturated heterocycles. The van der Waals surface area contributed by atoms with E-state index in [1.807, 2.05) is 48.7 Å². The van der Waals surface area contributed by atoms with Crippen LogP contribution in [0.2, 0.25) is 4.34 Å². The standard InChI is InChI=1S/C31H27ClN6OS/c1-3-17-15-21-23(10-11-33-28(21)25-8-9-26(32)40-25)36-27(17)30-29-24(37-38-30)7-6-22(35-29)19-12-16(2)13-20(14-19)34-31(39)18-4-5-18/h6-12,14,18,36H,2-5,13,15H2,1H3,(H,34,39)(H,37,38). The lowest BCUT2D eigenvalue weighted by Gasteiger charge is -2.25. The van der Waals surface area contributed by atoms with Crippen LogP contribution in [0, 0.1) is 5.92 Å². The van der Waals surface area contributed by atoms with Gasteiger partial charge >= 0.3 is 0 Å². The molecule has 200 valence electrons. The highest BCUT2D eigenvalue weighted by Crippen LogP contribution is 2.41. The predicted molar refractivity (Wildman–Crippen MR) is 162 cm³/mol. The van der Waals surface area contributed by atoms with Gasteiger partial charge in [-0.1, -0.05) is 25.1 Å². The minimum Gasteiger partial charge on any atom is -0.353 e. The summed E-state index contributed by atoms with van der Waals surface area (Å²) >= 11 is 7.77. The monoisotopic (exact) mass is 566 g/mol. The summed E-state index contributed by atoms with van der Waals surface area (Å²) in [4.78, 5) is 23.2. The van der Waals surface area contributed by atoms with Gasteiger partial charge in [-0.2, -0.15) is 5.10 Å². The maximum absolute atomic E-state index is 12.4. The number of H-pyrrole nitrogens is 1. The van der Waals surface area contributed by atoms with Crippen LogP contribution in [0.1, 0.15) is 49.6 Å². The van der Waals surface area contributed by atoms with E-state index in [9.17, 15) is 4.79 Å². The van der Waals surface area contributed by atoms with Gasteiger partial charge in [0.25, 0.3) is 0 Å². The molecule has 2 aliphatic carbocycles. The number of rotatable bonds is 6. The Hall–Kier alpha value is -4.01. The summed E-state index contributed by atoms with van der Waals surface area (Å²) in [6.45, 7) is 6.34. The lowest BCUT2D eigenvalue weighted by Crippen LogP contribution is -2.25. The number of allylic oxidation sites excluding steroid dienone is 5. The molecule has 0 radical (unpaired) electrons. The van der Waals surface area contributed by atoms with Crippen LogP contribution in [0.3, 0.4) is 0 Å². The van der Waals surface area contributed by atoms with Gasteiger partial charge in [0.15, 0.2) is 0 Å². The number of pyridine rings is 2. The minimum absolute atomic E-state index is 0.101. The maximum atomic E-state index is 12.4. The van der Waals surface area contributed by atoms with E-state index < -0.39 is 0 Å². The number of amides is 1. The molecule has 1 saturated carbocycles. The molecule has 0 unspecified atom stereocenters. The van der Waals surface area contributed by atoms with Crippen molar-refractivity contribution in [3.8, 4) is 10.6 Å². The summed E-state index contributed by atoms with van der Waals surface area (Å²) < 4.78 is 0.749. The molecule has 9 heteroatoms. The Labute approximate surface area is 240 Å². The number of carbonyl (C=O) groups excluding carboxylic acids is 1. The first kappa shape index (κ1) is 25.0. The van der Waals surface area contributed by atoms with Crippen molar-refractivity contribution in [3.63, 3.8) is 0 Å². The first-order valence-electron chi connectivity index (χ1n) is 13.5. The van der Waals surface area contributed by atoms with Crippen molar-refractivity contribution in [1.29, 1.82) is 0 Å². The van der Waals surface area contributed by atoms with Crippen molar-refractivity contribution in [3.05, 3.63) is 93.4 Å². The number of hydrogen-bond donors (Lipinski definition) is 3. The highest BCUT2D eigenvalue weighted by atomic mass is 35.5.